The van der Waals surface area contributed by atoms with Gasteiger partial charge in [-0.25, -0.2) is 8.42 Å². The molecule has 30 heavy (non-hydrogen) atoms. The van der Waals surface area contributed by atoms with Crippen molar-refractivity contribution in [3.05, 3.63) is 65.7 Å². The van der Waals surface area contributed by atoms with E-state index in [0.717, 1.165) is 30.8 Å². The molecule has 4 rings (SSSR count). The van der Waals surface area contributed by atoms with Gasteiger partial charge in [0.1, 0.15) is 5.75 Å². The number of ether oxygens (including phenoxy) is 1. The smallest absolute Gasteiger partial charge is 0.260 e. The van der Waals surface area contributed by atoms with Gasteiger partial charge < -0.3 is 9.64 Å². The number of carbonyl (C=O) groups is 1. The third-order valence-electron chi connectivity index (χ3n) is 5.95. The van der Waals surface area contributed by atoms with Gasteiger partial charge in [-0.05, 0) is 23.6 Å². The summed E-state index contributed by atoms with van der Waals surface area (Å²) in [6, 6.07) is 18.1. The fourth-order valence-electron chi connectivity index (χ4n) is 4.24. The Bertz CT molecular complexity index is 970. The second-order valence-corrected chi connectivity index (χ2v) is 10.3. The van der Waals surface area contributed by atoms with E-state index in [9.17, 15) is 13.2 Å². The largest absolute Gasteiger partial charge is 0.483 e. The number of nitrogens with zero attached hydrogens (tertiary/aromatic N) is 2. The van der Waals surface area contributed by atoms with E-state index in [1.54, 1.807) is 0 Å². The van der Waals surface area contributed by atoms with Crippen LogP contribution in [0.15, 0.2) is 54.6 Å². The van der Waals surface area contributed by atoms with Crippen molar-refractivity contribution < 1.29 is 17.9 Å². The molecular weight excluding hydrogens is 400 g/mol. The number of rotatable bonds is 6. The SMILES string of the molecule is O=C(COc1ccccc1Cc1ccccc1)N1CCN(C2CCS(=O)(=O)C2)CC1. The Hall–Kier alpha value is -2.38. The van der Waals surface area contributed by atoms with Crippen LogP contribution in [-0.4, -0.2) is 74.5 Å². The molecule has 0 radical (unpaired) electrons. The molecule has 0 aliphatic carbocycles. The number of sulfone groups is 1. The van der Waals surface area contributed by atoms with E-state index in [-0.39, 0.29) is 30.1 Å². The number of hydrogen-bond donors (Lipinski definition) is 0. The number of amides is 1. The first-order valence-corrected chi connectivity index (χ1v) is 12.3. The lowest BCUT2D eigenvalue weighted by molar-refractivity contribution is -0.135. The summed E-state index contributed by atoms with van der Waals surface area (Å²) in [4.78, 5) is 16.7. The van der Waals surface area contributed by atoms with E-state index >= 15 is 0 Å². The maximum atomic E-state index is 12.7. The van der Waals surface area contributed by atoms with Crippen molar-refractivity contribution in [1.29, 1.82) is 0 Å². The molecule has 0 N–H and O–H groups in total. The van der Waals surface area contributed by atoms with Gasteiger partial charge in [-0.2, -0.15) is 0 Å². The molecule has 7 heteroatoms. The minimum Gasteiger partial charge on any atom is -0.483 e. The Morgan fingerprint density at radius 2 is 1.67 bits per heavy atom. The van der Waals surface area contributed by atoms with Gasteiger partial charge in [-0.1, -0.05) is 48.5 Å². The molecule has 2 aromatic carbocycles. The molecule has 0 saturated carbocycles. The highest BCUT2D eigenvalue weighted by Gasteiger charge is 2.34. The van der Waals surface area contributed by atoms with Crippen LogP contribution in [-0.2, 0) is 21.1 Å². The van der Waals surface area contributed by atoms with Crippen molar-refractivity contribution >= 4 is 15.7 Å². The van der Waals surface area contributed by atoms with Crippen LogP contribution < -0.4 is 4.74 Å². The highest BCUT2D eigenvalue weighted by Crippen LogP contribution is 2.22. The van der Waals surface area contributed by atoms with E-state index in [2.05, 4.69) is 17.0 Å². The van der Waals surface area contributed by atoms with Crippen LogP contribution in [0.2, 0.25) is 0 Å². The molecule has 1 unspecified atom stereocenters. The summed E-state index contributed by atoms with van der Waals surface area (Å²) in [5.41, 5.74) is 2.26. The summed E-state index contributed by atoms with van der Waals surface area (Å²) < 4.78 is 29.3. The molecule has 2 heterocycles. The molecular formula is C23H28N2O4S. The Balaban J connectivity index is 1.29. The summed E-state index contributed by atoms with van der Waals surface area (Å²) in [5, 5.41) is 0. The Morgan fingerprint density at radius 1 is 0.967 bits per heavy atom. The topological polar surface area (TPSA) is 66.9 Å². The first kappa shape index (κ1) is 20.9. The zero-order valence-electron chi connectivity index (χ0n) is 17.1. The third kappa shape index (κ3) is 5.21. The summed E-state index contributed by atoms with van der Waals surface area (Å²) in [6.45, 7) is 2.69. The number of piperazine rings is 1. The fraction of sp³-hybridized carbons (Fsp3) is 0.435. The van der Waals surface area contributed by atoms with Crippen molar-refractivity contribution in [2.45, 2.75) is 18.9 Å². The van der Waals surface area contributed by atoms with Gasteiger partial charge >= 0.3 is 0 Å². The molecule has 1 amide bonds. The molecule has 2 aliphatic rings. The normalized spacial score (nSPS) is 21.5. The number of carbonyl (C=O) groups excluding carboxylic acids is 1. The van der Waals surface area contributed by atoms with Crippen molar-refractivity contribution in [2.75, 3.05) is 44.3 Å². The van der Waals surface area contributed by atoms with Crippen molar-refractivity contribution in [3.8, 4) is 5.75 Å². The minimum absolute atomic E-state index is 0.0175. The number of benzene rings is 2. The van der Waals surface area contributed by atoms with Crippen molar-refractivity contribution in [1.82, 2.24) is 9.80 Å². The minimum atomic E-state index is -2.88. The summed E-state index contributed by atoms with van der Waals surface area (Å²) in [7, 11) is -2.88. The maximum Gasteiger partial charge on any atom is 0.260 e. The Labute approximate surface area is 178 Å². The fourth-order valence-corrected chi connectivity index (χ4v) is 6.00. The van der Waals surface area contributed by atoms with E-state index in [1.165, 1.54) is 5.56 Å². The summed E-state index contributed by atoms with van der Waals surface area (Å²) >= 11 is 0. The van der Waals surface area contributed by atoms with Crippen molar-refractivity contribution in [3.63, 3.8) is 0 Å². The lowest BCUT2D eigenvalue weighted by atomic mass is 10.0. The molecule has 160 valence electrons. The lowest BCUT2D eigenvalue weighted by Gasteiger charge is -2.37. The van der Waals surface area contributed by atoms with E-state index in [0.29, 0.717) is 19.5 Å². The maximum absolute atomic E-state index is 12.7. The quantitative estimate of drug-likeness (QED) is 0.704. The van der Waals surface area contributed by atoms with Crippen LogP contribution in [0, 0.1) is 0 Å². The molecule has 2 aromatic rings. The third-order valence-corrected chi connectivity index (χ3v) is 7.70. The Morgan fingerprint density at radius 3 is 2.37 bits per heavy atom. The monoisotopic (exact) mass is 428 g/mol. The molecule has 0 spiro atoms. The lowest BCUT2D eigenvalue weighted by Crippen LogP contribution is -2.53. The van der Waals surface area contributed by atoms with Gasteiger partial charge in [0.25, 0.3) is 5.91 Å². The molecule has 0 bridgehead atoms. The molecule has 2 saturated heterocycles. The first-order chi connectivity index (χ1) is 14.5. The highest BCUT2D eigenvalue weighted by molar-refractivity contribution is 7.91. The van der Waals surface area contributed by atoms with Gasteiger partial charge in [0, 0.05) is 38.6 Å². The van der Waals surface area contributed by atoms with Crippen LogP contribution >= 0.6 is 0 Å². The second-order valence-electron chi connectivity index (χ2n) is 8.03. The molecule has 2 fully saturated rings. The van der Waals surface area contributed by atoms with E-state index < -0.39 is 9.84 Å². The predicted octanol–water partition coefficient (Wildman–Crippen LogP) is 1.99. The summed E-state index contributed by atoms with van der Waals surface area (Å²) in [6.07, 6.45) is 1.46. The second kappa shape index (κ2) is 9.18. The van der Waals surface area contributed by atoms with Gasteiger partial charge in [0.15, 0.2) is 16.4 Å². The van der Waals surface area contributed by atoms with Crippen LogP contribution in [0.4, 0.5) is 0 Å². The molecule has 1 atom stereocenters. The van der Waals surface area contributed by atoms with E-state index in [4.69, 9.17) is 4.74 Å². The van der Waals surface area contributed by atoms with Crippen LogP contribution in [0.5, 0.6) is 5.75 Å². The average Bonchev–Trinajstić information content (AvgIpc) is 3.13. The van der Waals surface area contributed by atoms with E-state index in [1.807, 2.05) is 47.4 Å². The zero-order chi connectivity index (χ0) is 21.0. The Kier molecular flexibility index (Phi) is 6.39. The van der Waals surface area contributed by atoms with Gasteiger partial charge in [0.2, 0.25) is 0 Å². The van der Waals surface area contributed by atoms with Gasteiger partial charge in [0.05, 0.1) is 11.5 Å². The highest BCUT2D eigenvalue weighted by atomic mass is 32.2. The number of hydrogen-bond acceptors (Lipinski definition) is 5. The van der Waals surface area contributed by atoms with Gasteiger partial charge in [-0.15, -0.1) is 0 Å². The zero-order valence-corrected chi connectivity index (χ0v) is 17.9. The average molecular weight is 429 g/mol. The van der Waals surface area contributed by atoms with Crippen molar-refractivity contribution in [2.24, 2.45) is 0 Å². The molecule has 6 nitrogen and oxygen atoms in total. The predicted molar refractivity (Wildman–Crippen MR) is 116 cm³/mol. The van der Waals surface area contributed by atoms with Crippen LogP contribution in [0.25, 0.3) is 0 Å². The van der Waals surface area contributed by atoms with Crippen LogP contribution in [0.1, 0.15) is 17.5 Å². The van der Waals surface area contributed by atoms with Crippen LogP contribution in [0.3, 0.4) is 0 Å². The van der Waals surface area contributed by atoms with Gasteiger partial charge in [-0.3, -0.25) is 9.69 Å². The molecule has 0 aromatic heterocycles. The first-order valence-electron chi connectivity index (χ1n) is 10.5. The number of para-hydroxylation sites is 1. The molecule has 2 aliphatic heterocycles. The summed E-state index contributed by atoms with van der Waals surface area (Å²) in [5.74, 6) is 1.25. The standard InChI is InChI=1S/C23H28N2O4S/c26-23(25-13-11-24(12-14-25)21-10-15-30(27,28)18-21)17-29-22-9-5-4-8-20(22)16-19-6-2-1-3-7-19/h1-9,21H,10-18H2.